The van der Waals surface area contributed by atoms with Gasteiger partial charge in [-0.1, -0.05) is 19.0 Å². The molecule has 0 radical (unpaired) electrons. The zero-order valence-corrected chi connectivity index (χ0v) is 12.2. The first-order valence-electron chi connectivity index (χ1n) is 7.40. The molecular weight excluding hydrogens is 242 g/mol. The molecule has 0 aliphatic carbocycles. The van der Waals surface area contributed by atoms with E-state index in [9.17, 15) is 0 Å². The van der Waals surface area contributed by atoms with Crippen LogP contribution in [0.25, 0.3) is 0 Å². The molecule has 3 atom stereocenters. The second-order valence-corrected chi connectivity index (χ2v) is 5.31. The van der Waals surface area contributed by atoms with E-state index in [0.717, 1.165) is 50.7 Å². The Hall–Kier alpha value is -0.940. The smallest absolute Gasteiger partial charge is 0.231 e. The second kappa shape index (κ2) is 7.01. The summed E-state index contributed by atoms with van der Waals surface area (Å²) in [5.74, 6) is 2.18. The fourth-order valence-electron chi connectivity index (χ4n) is 2.56. The van der Waals surface area contributed by atoms with Gasteiger partial charge in [-0.15, -0.1) is 0 Å². The molecule has 5 nitrogen and oxygen atoms in total. The number of ether oxygens (including phenoxy) is 1. The Balaban J connectivity index is 2.01. The number of hydrogen-bond donors (Lipinski definition) is 1. The SMILES string of the molecule is CCCNC(C)C(CC)c1nc(C2CCOC2)no1. The largest absolute Gasteiger partial charge is 0.381 e. The molecule has 1 aromatic rings. The van der Waals surface area contributed by atoms with Crippen molar-refractivity contribution in [3.63, 3.8) is 0 Å². The lowest BCUT2D eigenvalue weighted by molar-refractivity contribution is 0.192. The molecule has 0 amide bonds. The highest BCUT2D eigenvalue weighted by Crippen LogP contribution is 2.26. The van der Waals surface area contributed by atoms with Gasteiger partial charge in [0.15, 0.2) is 5.82 Å². The molecule has 3 unspecified atom stereocenters. The lowest BCUT2D eigenvalue weighted by atomic mass is 9.98. The first-order chi connectivity index (χ1) is 9.26. The minimum absolute atomic E-state index is 0.287. The third-order valence-electron chi connectivity index (χ3n) is 3.83. The van der Waals surface area contributed by atoms with Gasteiger partial charge < -0.3 is 14.6 Å². The highest BCUT2D eigenvalue weighted by Gasteiger charge is 2.27. The quantitative estimate of drug-likeness (QED) is 0.822. The first-order valence-corrected chi connectivity index (χ1v) is 7.40. The predicted molar refractivity (Wildman–Crippen MR) is 73.3 cm³/mol. The standard InChI is InChI=1S/C14H25N3O2/c1-4-7-15-10(3)12(5-2)14-16-13(17-19-14)11-6-8-18-9-11/h10-12,15H,4-9H2,1-3H3. The maximum absolute atomic E-state index is 5.47. The minimum Gasteiger partial charge on any atom is -0.381 e. The minimum atomic E-state index is 0.287. The van der Waals surface area contributed by atoms with Gasteiger partial charge in [0, 0.05) is 18.6 Å². The summed E-state index contributed by atoms with van der Waals surface area (Å²) in [4.78, 5) is 4.59. The Morgan fingerprint density at radius 1 is 1.42 bits per heavy atom. The number of nitrogens with zero attached hydrogens (tertiary/aromatic N) is 2. The summed E-state index contributed by atoms with van der Waals surface area (Å²) in [6.07, 6.45) is 3.13. The van der Waals surface area contributed by atoms with Crippen molar-refractivity contribution in [1.29, 1.82) is 0 Å². The number of rotatable bonds is 7. The average Bonchev–Trinajstić information content (AvgIpc) is 3.07. The summed E-state index contributed by atoms with van der Waals surface area (Å²) >= 11 is 0. The van der Waals surface area contributed by atoms with Crippen molar-refractivity contribution in [2.24, 2.45) is 0 Å². The van der Waals surface area contributed by atoms with Gasteiger partial charge >= 0.3 is 0 Å². The normalized spacial score (nSPS) is 22.6. The van der Waals surface area contributed by atoms with E-state index in [1.54, 1.807) is 0 Å². The van der Waals surface area contributed by atoms with Crippen LogP contribution in [-0.4, -0.2) is 35.9 Å². The molecule has 1 N–H and O–H groups in total. The van der Waals surface area contributed by atoms with Crippen LogP contribution in [0.3, 0.4) is 0 Å². The van der Waals surface area contributed by atoms with Crippen LogP contribution in [0, 0.1) is 0 Å². The van der Waals surface area contributed by atoms with Gasteiger partial charge in [0.2, 0.25) is 5.89 Å². The van der Waals surface area contributed by atoms with E-state index >= 15 is 0 Å². The third kappa shape index (κ3) is 3.54. The lowest BCUT2D eigenvalue weighted by Crippen LogP contribution is -2.32. The summed E-state index contributed by atoms with van der Waals surface area (Å²) in [6.45, 7) is 9.07. The monoisotopic (exact) mass is 267 g/mol. The molecule has 2 heterocycles. The molecule has 1 aliphatic heterocycles. The molecule has 108 valence electrons. The van der Waals surface area contributed by atoms with E-state index < -0.39 is 0 Å². The Bertz CT molecular complexity index is 375. The Kier molecular flexibility index (Phi) is 5.34. The highest BCUT2D eigenvalue weighted by atomic mass is 16.5. The Labute approximate surface area is 115 Å². The molecule has 2 rings (SSSR count). The molecule has 0 spiro atoms. The summed E-state index contributed by atoms with van der Waals surface area (Å²) in [5.41, 5.74) is 0. The summed E-state index contributed by atoms with van der Waals surface area (Å²) < 4.78 is 10.8. The maximum atomic E-state index is 5.47. The van der Waals surface area contributed by atoms with Gasteiger partial charge in [-0.3, -0.25) is 0 Å². The van der Waals surface area contributed by atoms with Crippen molar-refractivity contribution in [2.45, 2.75) is 57.9 Å². The van der Waals surface area contributed by atoms with Gasteiger partial charge in [-0.2, -0.15) is 4.98 Å². The van der Waals surface area contributed by atoms with Gasteiger partial charge in [-0.05, 0) is 32.7 Å². The fourth-order valence-corrected chi connectivity index (χ4v) is 2.56. The van der Waals surface area contributed by atoms with Gasteiger partial charge in [0.1, 0.15) is 0 Å². The summed E-state index contributed by atoms with van der Waals surface area (Å²) in [7, 11) is 0. The summed E-state index contributed by atoms with van der Waals surface area (Å²) in [5, 5.41) is 7.64. The molecule has 0 bridgehead atoms. The zero-order valence-electron chi connectivity index (χ0n) is 12.2. The molecule has 5 heteroatoms. The van der Waals surface area contributed by atoms with Gasteiger partial charge in [0.05, 0.1) is 12.5 Å². The van der Waals surface area contributed by atoms with E-state index in [2.05, 4.69) is 36.2 Å². The second-order valence-electron chi connectivity index (χ2n) is 5.31. The van der Waals surface area contributed by atoms with Crippen molar-refractivity contribution in [3.05, 3.63) is 11.7 Å². The topological polar surface area (TPSA) is 60.2 Å². The fraction of sp³-hybridized carbons (Fsp3) is 0.857. The zero-order chi connectivity index (χ0) is 13.7. The highest BCUT2D eigenvalue weighted by molar-refractivity contribution is 5.02. The number of nitrogens with one attached hydrogen (secondary N) is 1. The van der Waals surface area contributed by atoms with Crippen LogP contribution in [0.5, 0.6) is 0 Å². The van der Waals surface area contributed by atoms with Crippen molar-refractivity contribution in [3.8, 4) is 0 Å². The molecule has 19 heavy (non-hydrogen) atoms. The molecule has 1 aliphatic rings. The molecule has 0 saturated carbocycles. The van der Waals surface area contributed by atoms with E-state index in [4.69, 9.17) is 9.26 Å². The van der Waals surface area contributed by atoms with E-state index in [1.165, 1.54) is 0 Å². The third-order valence-corrected chi connectivity index (χ3v) is 3.83. The van der Waals surface area contributed by atoms with Crippen LogP contribution < -0.4 is 5.32 Å². The molecular formula is C14H25N3O2. The lowest BCUT2D eigenvalue weighted by Gasteiger charge is -2.20. The van der Waals surface area contributed by atoms with Crippen LogP contribution in [0.1, 0.15) is 63.6 Å². The summed E-state index contributed by atoms with van der Waals surface area (Å²) in [6, 6.07) is 0.359. The first kappa shape index (κ1) is 14.5. The van der Waals surface area contributed by atoms with Crippen molar-refractivity contribution in [2.75, 3.05) is 19.8 Å². The van der Waals surface area contributed by atoms with Crippen molar-refractivity contribution >= 4 is 0 Å². The van der Waals surface area contributed by atoms with Crippen LogP contribution in [-0.2, 0) is 4.74 Å². The van der Waals surface area contributed by atoms with Crippen LogP contribution in [0.2, 0.25) is 0 Å². The van der Waals surface area contributed by atoms with Gasteiger partial charge in [-0.25, -0.2) is 0 Å². The van der Waals surface area contributed by atoms with Crippen molar-refractivity contribution in [1.82, 2.24) is 15.5 Å². The van der Waals surface area contributed by atoms with E-state index in [0.29, 0.717) is 12.0 Å². The van der Waals surface area contributed by atoms with E-state index in [1.807, 2.05) is 0 Å². The Morgan fingerprint density at radius 3 is 2.89 bits per heavy atom. The van der Waals surface area contributed by atoms with Crippen molar-refractivity contribution < 1.29 is 9.26 Å². The Morgan fingerprint density at radius 2 is 2.26 bits per heavy atom. The maximum Gasteiger partial charge on any atom is 0.231 e. The molecule has 1 aromatic heterocycles. The van der Waals surface area contributed by atoms with Crippen LogP contribution in [0.15, 0.2) is 4.52 Å². The molecule has 1 saturated heterocycles. The van der Waals surface area contributed by atoms with Crippen LogP contribution >= 0.6 is 0 Å². The van der Waals surface area contributed by atoms with Gasteiger partial charge in [0.25, 0.3) is 0 Å². The van der Waals surface area contributed by atoms with Crippen LogP contribution in [0.4, 0.5) is 0 Å². The number of hydrogen-bond acceptors (Lipinski definition) is 5. The number of aromatic nitrogens is 2. The van der Waals surface area contributed by atoms with E-state index in [-0.39, 0.29) is 5.92 Å². The molecule has 1 fully saturated rings. The predicted octanol–water partition coefficient (Wildman–Crippen LogP) is 2.46. The molecule has 0 aromatic carbocycles. The average molecular weight is 267 g/mol.